The standard InChI is InChI=1S/C26H28N2O2S/c1-26(2)24(29)28(22-15-9-10-16-23(22)31-3)25(30)27(26)18-21-14-8-7-13-20(21)17-19-11-5-4-6-12-19/h4-11,13-16,19H,12,17-18H2,1-3H3. The van der Waals surface area contributed by atoms with Gasteiger partial charge in [0.05, 0.1) is 5.69 Å². The Kier molecular flexibility index (Phi) is 6.05. The van der Waals surface area contributed by atoms with Crippen molar-refractivity contribution >= 4 is 29.4 Å². The number of hydrogen-bond acceptors (Lipinski definition) is 3. The van der Waals surface area contributed by atoms with Gasteiger partial charge in [-0.1, -0.05) is 60.7 Å². The fourth-order valence-electron chi connectivity index (χ4n) is 4.27. The molecule has 1 aliphatic heterocycles. The molecule has 4 rings (SSSR count). The van der Waals surface area contributed by atoms with E-state index in [1.807, 2.05) is 56.5 Å². The molecule has 0 aromatic heterocycles. The maximum Gasteiger partial charge on any atom is 0.332 e. The number of para-hydroxylation sites is 1. The normalized spacial score (nSPS) is 20.0. The van der Waals surface area contributed by atoms with Crippen LogP contribution >= 0.6 is 11.8 Å². The molecule has 1 saturated heterocycles. The molecule has 5 heteroatoms. The Hall–Kier alpha value is -2.79. The molecular formula is C26H28N2O2S. The number of thioether (sulfide) groups is 1. The van der Waals surface area contributed by atoms with E-state index in [1.54, 1.807) is 4.90 Å². The lowest BCUT2D eigenvalue weighted by Gasteiger charge is -2.29. The molecule has 1 aliphatic carbocycles. The molecule has 1 unspecified atom stereocenters. The predicted molar refractivity (Wildman–Crippen MR) is 127 cm³/mol. The zero-order valence-electron chi connectivity index (χ0n) is 18.2. The molecule has 1 fully saturated rings. The zero-order valence-corrected chi connectivity index (χ0v) is 19.1. The minimum Gasteiger partial charge on any atom is -0.305 e. The van der Waals surface area contributed by atoms with Gasteiger partial charge in [-0.3, -0.25) is 4.79 Å². The fourth-order valence-corrected chi connectivity index (χ4v) is 4.86. The van der Waals surface area contributed by atoms with E-state index in [1.165, 1.54) is 22.2 Å². The Bertz CT molecular complexity index is 1060. The van der Waals surface area contributed by atoms with Crippen molar-refractivity contribution in [1.82, 2.24) is 4.90 Å². The molecule has 2 aromatic rings. The average molecular weight is 433 g/mol. The van der Waals surface area contributed by atoms with Crippen LogP contribution in [0.3, 0.4) is 0 Å². The van der Waals surface area contributed by atoms with Gasteiger partial charge in [0.1, 0.15) is 5.54 Å². The fraction of sp³-hybridized carbons (Fsp3) is 0.308. The van der Waals surface area contributed by atoms with Gasteiger partial charge in [0, 0.05) is 11.4 Å². The van der Waals surface area contributed by atoms with E-state index < -0.39 is 5.54 Å². The molecule has 0 N–H and O–H groups in total. The molecule has 4 nitrogen and oxygen atoms in total. The first-order valence-electron chi connectivity index (χ1n) is 10.6. The van der Waals surface area contributed by atoms with Crippen LogP contribution in [0.1, 0.15) is 31.4 Å². The lowest BCUT2D eigenvalue weighted by atomic mass is 9.90. The highest BCUT2D eigenvalue weighted by molar-refractivity contribution is 7.98. The third-order valence-electron chi connectivity index (χ3n) is 6.15. The van der Waals surface area contributed by atoms with Gasteiger partial charge in [-0.25, -0.2) is 9.69 Å². The number of allylic oxidation sites excluding steroid dienone is 4. The van der Waals surface area contributed by atoms with Crippen LogP contribution in [0.4, 0.5) is 10.5 Å². The summed E-state index contributed by atoms with van der Waals surface area (Å²) in [6.45, 7) is 4.09. The van der Waals surface area contributed by atoms with Gasteiger partial charge in [0.25, 0.3) is 5.91 Å². The first kappa shape index (κ1) is 21.4. The van der Waals surface area contributed by atoms with Crippen molar-refractivity contribution < 1.29 is 9.59 Å². The second-order valence-corrected chi connectivity index (χ2v) is 9.37. The van der Waals surface area contributed by atoms with Crippen molar-refractivity contribution in [1.29, 1.82) is 0 Å². The van der Waals surface area contributed by atoms with Gasteiger partial charge < -0.3 is 4.90 Å². The van der Waals surface area contributed by atoms with Crippen molar-refractivity contribution in [3.8, 4) is 0 Å². The highest BCUT2D eigenvalue weighted by Crippen LogP contribution is 2.37. The lowest BCUT2D eigenvalue weighted by Crippen LogP contribution is -2.43. The number of rotatable bonds is 6. The van der Waals surface area contributed by atoms with Gasteiger partial charge in [0.15, 0.2) is 0 Å². The molecule has 3 amide bonds. The van der Waals surface area contributed by atoms with Crippen molar-refractivity contribution in [2.75, 3.05) is 11.2 Å². The second-order valence-electron chi connectivity index (χ2n) is 8.52. The van der Waals surface area contributed by atoms with Crippen molar-refractivity contribution in [3.05, 3.63) is 84.0 Å². The molecule has 0 radical (unpaired) electrons. The van der Waals surface area contributed by atoms with E-state index in [0.29, 0.717) is 18.2 Å². The van der Waals surface area contributed by atoms with Crippen molar-refractivity contribution in [2.24, 2.45) is 5.92 Å². The first-order chi connectivity index (χ1) is 14.9. The van der Waals surface area contributed by atoms with E-state index >= 15 is 0 Å². The molecule has 1 atom stereocenters. The molecule has 0 bridgehead atoms. The van der Waals surface area contributed by atoms with Gasteiger partial charge in [-0.05, 0) is 62.1 Å². The molecule has 2 aliphatic rings. The summed E-state index contributed by atoms with van der Waals surface area (Å²) in [4.78, 5) is 30.8. The molecule has 2 aromatic carbocycles. The van der Waals surface area contributed by atoms with Crippen LogP contribution in [0, 0.1) is 5.92 Å². The summed E-state index contributed by atoms with van der Waals surface area (Å²) in [6, 6.07) is 15.6. The monoisotopic (exact) mass is 432 g/mol. The minimum absolute atomic E-state index is 0.183. The van der Waals surface area contributed by atoms with E-state index in [2.05, 4.69) is 36.4 Å². The Morgan fingerprint density at radius 2 is 1.71 bits per heavy atom. The summed E-state index contributed by atoms with van der Waals surface area (Å²) in [5, 5.41) is 0. The van der Waals surface area contributed by atoms with E-state index in [9.17, 15) is 9.59 Å². The first-order valence-corrected chi connectivity index (χ1v) is 11.8. The molecule has 160 valence electrons. The number of imide groups is 1. The third-order valence-corrected chi connectivity index (χ3v) is 6.93. The Labute approximate surface area is 188 Å². The number of anilines is 1. The van der Waals surface area contributed by atoms with E-state index in [4.69, 9.17) is 0 Å². The summed E-state index contributed by atoms with van der Waals surface area (Å²) in [6.07, 6.45) is 12.5. The van der Waals surface area contributed by atoms with Gasteiger partial charge in [0.2, 0.25) is 0 Å². The number of carbonyl (C=O) groups excluding carboxylic acids is 2. The second kappa shape index (κ2) is 8.75. The predicted octanol–water partition coefficient (Wildman–Crippen LogP) is 5.83. The van der Waals surface area contributed by atoms with Gasteiger partial charge in [-0.2, -0.15) is 0 Å². The molecule has 1 heterocycles. The third kappa shape index (κ3) is 4.07. The summed E-state index contributed by atoms with van der Waals surface area (Å²) in [5.74, 6) is 0.275. The number of hydrogen-bond donors (Lipinski definition) is 0. The Morgan fingerprint density at radius 1 is 1.00 bits per heavy atom. The number of carbonyl (C=O) groups is 2. The maximum atomic E-state index is 13.5. The van der Waals surface area contributed by atoms with Gasteiger partial charge in [-0.15, -0.1) is 11.8 Å². The summed E-state index contributed by atoms with van der Waals surface area (Å²) >= 11 is 1.54. The van der Waals surface area contributed by atoms with Gasteiger partial charge >= 0.3 is 6.03 Å². The zero-order chi connectivity index (χ0) is 22.0. The Balaban J connectivity index is 1.63. The largest absolute Gasteiger partial charge is 0.332 e. The van der Waals surface area contributed by atoms with Crippen molar-refractivity contribution in [2.45, 2.75) is 43.7 Å². The highest BCUT2D eigenvalue weighted by atomic mass is 32.2. The van der Waals surface area contributed by atoms with Crippen molar-refractivity contribution in [3.63, 3.8) is 0 Å². The summed E-state index contributed by atoms with van der Waals surface area (Å²) in [5.41, 5.74) is 2.07. The molecule has 0 spiro atoms. The number of nitrogens with zero attached hydrogens (tertiary/aromatic N) is 2. The van der Waals surface area contributed by atoms with Crippen LogP contribution in [-0.4, -0.2) is 28.6 Å². The number of benzene rings is 2. The highest BCUT2D eigenvalue weighted by Gasteiger charge is 2.52. The average Bonchev–Trinajstić information content (AvgIpc) is 2.95. The number of urea groups is 1. The lowest BCUT2D eigenvalue weighted by molar-refractivity contribution is -0.123. The number of amides is 3. The van der Waals surface area contributed by atoms with Crippen LogP contribution < -0.4 is 4.90 Å². The summed E-state index contributed by atoms with van der Waals surface area (Å²) in [7, 11) is 0. The molecular weight excluding hydrogens is 404 g/mol. The minimum atomic E-state index is -0.913. The quantitative estimate of drug-likeness (QED) is 0.426. The topological polar surface area (TPSA) is 40.6 Å². The van der Waals surface area contributed by atoms with Crippen LogP contribution in [0.5, 0.6) is 0 Å². The SMILES string of the molecule is CSc1ccccc1N1C(=O)N(Cc2ccccc2CC2C=CC=CC2)C(C)(C)C1=O. The van der Waals surface area contributed by atoms with E-state index in [0.717, 1.165) is 23.3 Å². The van der Waals surface area contributed by atoms with Crippen LogP contribution in [-0.2, 0) is 17.8 Å². The smallest absolute Gasteiger partial charge is 0.305 e. The van der Waals surface area contributed by atoms with Crippen LogP contribution in [0.15, 0.2) is 77.7 Å². The van der Waals surface area contributed by atoms with Crippen LogP contribution in [0.2, 0.25) is 0 Å². The van der Waals surface area contributed by atoms with Crippen LogP contribution in [0.25, 0.3) is 0 Å². The summed E-state index contributed by atoms with van der Waals surface area (Å²) < 4.78 is 0. The Morgan fingerprint density at radius 3 is 2.42 bits per heavy atom. The maximum absolute atomic E-state index is 13.5. The van der Waals surface area contributed by atoms with E-state index in [-0.39, 0.29) is 11.9 Å². The molecule has 31 heavy (non-hydrogen) atoms. The molecule has 0 saturated carbocycles.